The van der Waals surface area contributed by atoms with Gasteiger partial charge in [0.25, 0.3) is 5.91 Å². The molecule has 1 aromatic carbocycles. The van der Waals surface area contributed by atoms with Crippen molar-refractivity contribution in [3.63, 3.8) is 0 Å². The highest BCUT2D eigenvalue weighted by atomic mass is 35.5. The van der Waals surface area contributed by atoms with Gasteiger partial charge < -0.3 is 10.4 Å². The zero-order chi connectivity index (χ0) is 22.9. The normalized spacial score (nSPS) is 21.8. The number of benzene rings is 1. The van der Waals surface area contributed by atoms with E-state index in [9.17, 15) is 18.7 Å². The number of hydrogen-bond donors (Lipinski definition) is 2. The number of pyridine rings is 1. The van der Waals surface area contributed by atoms with E-state index in [1.165, 1.54) is 47.7 Å². The van der Waals surface area contributed by atoms with Gasteiger partial charge in [0.2, 0.25) is 0 Å². The number of halogens is 4. The van der Waals surface area contributed by atoms with Gasteiger partial charge >= 0.3 is 0 Å². The molecule has 32 heavy (non-hydrogen) atoms. The number of hydrogen-bond acceptors (Lipinski definition) is 5. The van der Waals surface area contributed by atoms with E-state index in [1.54, 1.807) is 0 Å². The van der Waals surface area contributed by atoms with Crippen LogP contribution in [0.4, 0.5) is 8.78 Å². The van der Waals surface area contributed by atoms with Crippen LogP contribution in [0.3, 0.4) is 0 Å². The maximum atomic E-state index is 14.2. The summed E-state index contributed by atoms with van der Waals surface area (Å²) in [5.74, 6) is -1.33. The molecule has 0 aliphatic heterocycles. The molecule has 1 aliphatic rings. The number of rotatable bonds is 5. The molecule has 1 fully saturated rings. The predicted octanol–water partition coefficient (Wildman–Crippen LogP) is 4.22. The molecule has 1 aliphatic carbocycles. The SMILES string of the molecule is O=C(NC(c1cccc(F)c1Cl)[C@]1(O)CC[C@H](F)CC1)c1cnc(Cl)cc1-n1nccn1. The van der Waals surface area contributed by atoms with Crippen molar-refractivity contribution in [3.8, 4) is 5.69 Å². The Hall–Kier alpha value is -2.62. The third kappa shape index (κ3) is 4.46. The second-order valence-corrected chi connectivity index (χ2v) is 8.44. The molecule has 7 nitrogen and oxygen atoms in total. The number of aliphatic hydroxyl groups is 1. The monoisotopic (exact) mass is 481 g/mol. The van der Waals surface area contributed by atoms with Gasteiger partial charge in [-0.25, -0.2) is 13.8 Å². The molecule has 2 aromatic heterocycles. The zero-order valence-corrected chi connectivity index (χ0v) is 18.2. The van der Waals surface area contributed by atoms with Crippen LogP contribution < -0.4 is 5.32 Å². The van der Waals surface area contributed by atoms with Gasteiger partial charge in [-0.2, -0.15) is 15.0 Å². The predicted molar refractivity (Wildman–Crippen MR) is 114 cm³/mol. The summed E-state index contributed by atoms with van der Waals surface area (Å²) in [6.07, 6.45) is 3.43. The molecule has 0 spiro atoms. The van der Waals surface area contributed by atoms with E-state index in [2.05, 4.69) is 20.5 Å². The number of carbonyl (C=O) groups excluding carboxylic acids is 1. The summed E-state index contributed by atoms with van der Waals surface area (Å²) >= 11 is 12.2. The Morgan fingerprint density at radius 2 is 1.94 bits per heavy atom. The van der Waals surface area contributed by atoms with Crippen LogP contribution in [0.25, 0.3) is 5.69 Å². The topological polar surface area (TPSA) is 92.9 Å². The lowest BCUT2D eigenvalue weighted by Gasteiger charge is -2.41. The van der Waals surface area contributed by atoms with Gasteiger partial charge in [-0.3, -0.25) is 4.79 Å². The Bertz CT molecular complexity index is 1120. The van der Waals surface area contributed by atoms with Gasteiger partial charge in [-0.05, 0) is 37.3 Å². The van der Waals surface area contributed by atoms with Crippen LogP contribution in [0.2, 0.25) is 10.2 Å². The molecule has 2 heterocycles. The van der Waals surface area contributed by atoms with Gasteiger partial charge in [-0.15, -0.1) is 0 Å². The fourth-order valence-electron chi connectivity index (χ4n) is 3.93. The van der Waals surface area contributed by atoms with Crippen molar-refractivity contribution in [3.05, 3.63) is 70.0 Å². The first-order chi connectivity index (χ1) is 15.3. The smallest absolute Gasteiger partial charge is 0.255 e. The van der Waals surface area contributed by atoms with Crippen molar-refractivity contribution >= 4 is 29.1 Å². The van der Waals surface area contributed by atoms with E-state index in [4.69, 9.17) is 23.2 Å². The molecule has 4 rings (SSSR count). The van der Waals surface area contributed by atoms with Crippen LogP contribution >= 0.6 is 23.2 Å². The maximum absolute atomic E-state index is 14.2. The summed E-state index contributed by atoms with van der Waals surface area (Å²) < 4.78 is 28.0. The number of nitrogens with zero attached hydrogens (tertiary/aromatic N) is 4. The van der Waals surface area contributed by atoms with Crippen molar-refractivity contribution in [1.82, 2.24) is 25.3 Å². The molecule has 1 atom stereocenters. The third-order valence-corrected chi connectivity index (χ3v) is 6.22. The molecule has 0 radical (unpaired) electrons. The summed E-state index contributed by atoms with van der Waals surface area (Å²) in [6.45, 7) is 0. The summed E-state index contributed by atoms with van der Waals surface area (Å²) in [7, 11) is 0. The number of amides is 1. The first kappa shape index (κ1) is 22.6. The Morgan fingerprint density at radius 1 is 1.25 bits per heavy atom. The fourth-order valence-corrected chi connectivity index (χ4v) is 4.31. The highest BCUT2D eigenvalue weighted by Gasteiger charge is 2.43. The Balaban J connectivity index is 1.74. The molecule has 168 valence electrons. The molecular formula is C21H19Cl2F2N5O2. The fraction of sp³-hybridized carbons (Fsp3) is 0.333. The molecule has 0 saturated heterocycles. The minimum atomic E-state index is -1.53. The van der Waals surface area contributed by atoms with Crippen molar-refractivity contribution in [2.24, 2.45) is 0 Å². The first-order valence-electron chi connectivity index (χ1n) is 9.92. The molecule has 1 unspecified atom stereocenters. The molecule has 1 amide bonds. The third-order valence-electron chi connectivity index (χ3n) is 5.61. The lowest BCUT2D eigenvalue weighted by molar-refractivity contribution is -0.0445. The second kappa shape index (κ2) is 9.09. The number of aromatic nitrogens is 4. The number of nitrogens with one attached hydrogen (secondary N) is 1. The minimum absolute atomic E-state index is 0.0678. The van der Waals surface area contributed by atoms with Crippen molar-refractivity contribution in [2.75, 3.05) is 0 Å². The minimum Gasteiger partial charge on any atom is -0.387 e. The molecule has 3 aromatic rings. The van der Waals surface area contributed by atoms with Crippen LogP contribution in [0, 0.1) is 5.82 Å². The van der Waals surface area contributed by atoms with E-state index in [-0.39, 0.29) is 52.7 Å². The van der Waals surface area contributed by atoms with E-state index in [0.717, 1.165) is 0 Å². The summed E-state index contributed by atoms with van der Waals surface area (Å²) in [5.41, 5.74) is -0.998. The van der Waals surface area contributed by atoms with Gasteiger partial charge in [0.05, 0.1) is 34.6 Å². The van der Waals surface area contributed by atoms with Crippen molar-refractivity contribution in [1.29, 1.82) is 0 Å². The summed E-state index contributed by atoms with van der Waals surface area (Å²) in [5, 5.41) is 22.1. The molecule has 11 heteroatoms. The average Bonchev–Trinajstić information content (AvgIpc) is 3.31. The number of carbonyl (C=O) groups is 1. The van der Waals surface area contributed by atoms with Crippen LogP contribution in [-0.2, 0) is 0 Å². The Labute approximate surface area is 192 Å². The Morgan fingerprint density at radius 3 is 2.62 bits per heavy atom. The van der Waals surface area contributed by atoms with Crippen molar-refractivity contribution in [2.45, 2.75) is 43.5 Å². The van der Waals surface area contributed by atoms with E-state index in [1.807, 2.05) is 0 Å². The molecule has 0 bridgehead atoms. The summed E-state index contributed by atoms with van der Waals surface area (Å²) in [6, 6.07) is 4.45. The quantitative estimate of drug-likeness (QED) is 0.532. The van der Waals surface area contributed by atoms with Gasteiger partial charge in [0.1, 0.15) is 22.8 Å². The lowest BCUT2D eigenvalue weighted by atomic mass is 9.76. The summed E-state index contributed by atoms with van der Waals surface area (Å²) in [4.78, 5) is 18.5. The zero-order valence-electron chi connectivity index (χ0n) is 16.7. The largest absolute Gasteiger partial charge is 0.387 e. The molecule has 2 N–H and O–H groups in total. The molecule has 1 saturated carbocycles. The van der Waals surface area contributed by atoms with E-state index >= 15 is 0 Å². The Kier molecular flexibility index (Phi) is 6.41. The lowest BCUT2D eigenvalue weighted by Crippen LogP contribution is -2.48. The van der Waals surface area contributed by atoms with E-state index < -0.39 is 29.5 Å². The first-order valence-corrected chi connectivity index (χ1v) is 10.7. The van der Waals surface area contributed by atoms with Crippen LogP contribution in [-0.4, -0.2) is 42.8 Å². The molecular weight excluding hydrogens is 463 g/mol. The van der Waals surface area contributed by atoms with Gasteiger partial charge in [-0.1, -0.05) is 35.3 Å². The van der Waals surface area contributed by atoms with Crippen molar-refractivity contribution < 1.29 is 18.7 Å². The number of alkyl halides is 1. The van der Waals surface area contributed by atoms with Crippen LogP contribution in [0.1, 0.15) is 47.6 Å². The second-order valence-electron chi connectivity index (χ2n) is 7.67. The standard InChI is InChI=1S/C21H19Cl2F2N5O2/c22-17-10-16(30-27-8-9-28-30)14(11-26-17)20(31)29-19(13-2-1-3-15(25)18(13)23)21(32)6-4-12(24)5-7-21/h1-3,8-12,19,32H,4-7H2,(H,29,31)/t12-,19?,21-. The van der Waals surface area contributed by atoms with Crippen LogP contribution in [0.15, 0.2) is 42.9 Å². The van der Waals surface area contributed by atoms with Gasteiger partial charge in [0.15, 0.2) is 0 Å². The highest BCUT2D eigenvalue weighted by Crippen LogP contribution is 2.42. The maximum Gasteiger partial charge on any atom is 0.255 e. The van der Waals surface area contributed by atoms with Gasteiger partial charge in [0, 0.05) is 12.3 Å². The average molecular weight is 482 g/mol. The van der Waals surface area contributed by atoms with E-state index in [0.29, 0.717) is 0 Å². The highest BCUT2D eigenvalue weighted by molar-refractivity contribution is 6.31. The van der Waals surface area contributed by atoms with Crippen LogP contribution in [0.5, 0.6) is 0 Å².